The number of thiazole rings is 1. The van der Waals surface area contributed by atoms with E-state index in [0.29, 0.717) is 49.0 Å². The number of amides is 3. The molecule has 3 amide bonds. The predicted octanol–water partition coefficient (Wildman–Crippen LogP) is 7.78. The Hall–Kier alpha value is -3.55. The predicted molar refractivity (Wildman–Crippen MR) is 234 cm³/mol. The van der Waals surface area contributed by atoms with E-state index in [1.54, 1.807) is 31.4 Å². The molecule has 1 saturated heterocycles. The van der Waals surface area contributed by atoms with Crippen molar-refractivity contribution < 1.29 is 29.0 Å². The van der Waals surface area contributed by atoms with Gasteiger partial charge in [-0.1, -0.05) is 79.4 Å². The maximum absolute atomic E-state index is 14.8. The number of unbranched alkanes of at least 4 members (excludes halogenated alkanes) is 3. The minimum Gasteiger partial charge on any atom is -0.481 e. The van der Waals surface area contributed by atoms with E-state index in [2.05, 4.69) is 50.6 Å². The van der Waals surface area contributed by atoms with E-state index in [0.717, 1.165) is 57.1 Å². The fourth-order valence-electron chi connectivity index (χ4n) is 7.88. The van der Waals surface area contributed by atoms with Crippen molar-refractivity contribution in [1.29, 1.82) is 0 Å². The van der Waals surface area contributed by atoms with Gasteiger partial charge in [0, 0.05) is 55.2 Å². The third kappa shape index (κ3) is 15.2. The SMILES string of the molecule is CCCCCCN(C(=O)[C@@H](NC(=O)C[C@H]1C[C@H](C)CCN1)[C@@H](C)CC)[C@H](C[C@@H](OCC)c1nc(C(=O)N[C@@H](Cc2ccc(N)cc2)CC(C)(C)C(=O)O)cs1)C(C)C. The van der Waals surface area contributed by atoms with Crippen molar-refractivity contribution in [2.75, 3.05) is 25.4 Å². The third-order valence-corrected chi connectivity index (χ3v) is 12.6. The number of carboxylic acid groups (broad SMARTS) is 1. The van der Waals surface area contributed by atoms with Crippen molar-refractivity contribution >= 4 is 40.7 Å². The number of anilines is 1. The number of rotatable bonds is 25. The number of piperidine rings is 1. The van der Waals surface area contributed by atoms with Gasteiger partial charge in [0.25, 0.3) is 5.91 Å². The number of carboxylic acids is 1. The van der Waals surface area contributed by atoms with Gasteiger partial charge in [0.2, 0.25) is 11.8 Å². The van der Waals surface area contributed by atoms with Crippen LogP contribution in [0.15, 0.2) is 29.6 Å². The van der Waals surface area contributed by atoms with Crippen LogP contribution < -0.4 is 21.7 Å². The quantitative estimate of drug-likeness (QED) is 0.0495. The summed E-state index contributed by atoms with van der Waals surface area (Å²) < 4.78 is 6.35. The van der Waals surface area contributed by atoms with E-state index in [4.69, 9.17) is 15.5 Å². The van der Waals surface area contributed by atoms with Crippen LogP contribution in [-0.2, 0) is 25.5 Å². The van der Waals surface area contributed by atoms with Crippen molar-refractivity contribution in [3.8, 4) is 0 Å². The molecule has 3 rings (SSSR count). The number of hydrogen-bond donors (Lipinski definition) is 5. The molecule has 0 bridgehead atoms. The van der Waals surface area contributed by atoms with E-state index in [1.807, 2.05) is 30.9 Å². The Morgan fingerprint density at radius 2 is 1.78 bits per heavy atom. The van der Waals surface area contributed by atoms with Crippen LogP contribution in [0.4, 0.5) is 5.69 Å². The first kappa shape index (κ1) is 48.8. The van der Waals surface area contributed by atoms with E-state index in [-0.39, 0.29) is 47.8 Å². The molecular formula is C45H74N6O6S. The Bertz CT molecular complexity index is 1580. The molecule has 0 unspecified atom stereocenters. The second-order valence-electron chi connectivity index (χ2n) is 17.6. The van der Waals surface area contributed by atoms with Gasteiger partial charge in [0.1, 0.15) is 22.8 Å². The Morgan fingerprint density at radius 3 is 2.38 bits per heavy atom. The van der Waals surface area contributed by atoms with Crippen LogP contribution in [0.3, 0.4) is 0 Å². The lowest BCUT2D eigenvalue weighted by molar-refractivity contribution is -0.147. The Balaban J connectivity index is 1.88. The number of carbonyl (C=O) groups is 4. The first-order chi connectivity index (χ1) is 27.5. The maximum Gasteiger partial charge on any atom is 0.309 e. The molecule has 0 aliphatic carbocycles. The third-order valence-electron chi connectivity index (χ3n) is 11.7. The largest absolute Gasteiger partial charge is 0.481 e. The summed E-state index contributed by atoms with van der Waals surface area (Å²) >= 11 is 1.34. The van der Waals surface area contributed by atoms with E-state index >= 15 is 0 Å². The topological polar surface area (TPSA) is 176 Å². The molecule has 7 atom stereocenters. The number of nitrogens with zero attached hydrogens (tertiary/aromatic N) is 2. The standard InChI is InChI=1S/C45H74N6O6S/c1-10-13-14-15-22-51(43(54)40(31(7)11-2)50-39(52)25-34-23-30(6)20-21-47-34)37(29(4)5)26-38(57-12-3)42-49-36(28-58-42)41(53)48-35(27-45(8,9)44(55)56)24-32-16-18-33(46)19-17-32/h16-19,28-31,34-35,37-38,40,47H,10-15,20-27,46H2,1-9H3,(H,48,53)(H,50,52)(H,55,56)/t30-,31+,34-,35+,37-,38-,40+/m1/s1. The van der Waals surface area contributed by atoms with Gasteiger partial charge in [-0.15, -0.1) is 11.3 Å². The van der Waals surface area contributed by atoms with Crippen LogP contribution in [0.5, 0.6) is 0 Å². The first-order valence-corrected chi connectivity index (χ1v) is 22.7. The Kier molecular flexibility index (Phi) is 20.1. The zero-order valence-electron chi connectivity index (χ0n) is 36.8. The van der Waals surface area contributed by atoms with Gasteiger partial charge < -0.3 is 36.4 Å². The molecule has 1 aromatic heterocycles. The van der Waals surface area contributed by atoms with E-state index < -0.39 is 35.5 Å². The van der Waals surface area contributed by atoms with Crippen LogP contribution in [-0.4, -0.2) is 82.5 Å². The smallest absolute Gasteiger partial charge is 0.309 e. The highest BCUT2D eigenvalue weighted by molar-refractivity contribution is 7.09. The summed E-state index contributed by atoms with van der Waals surface area (Å²) in [5.74, 6) is -0.929. The van der Waals surface area contributed by atoms with Gasteiger partial charge >= 0.3 is 5.97 Å². The molecule has 1 aromatic carbocycles. The summed E-state index contributed by atoms with van der Waals surface area (Å²) in [6, 6.07) is 6.09. The number of aromatic nitrogens is 1. The van der Waals surface area contributed by atoms with Gasteiger partial charge in [-0.25, -0.2) is 4.98 Å². The van der Waals surface area contributed by atoms with Crippen LogP contribution >= 0.6 is 11.3 Å². The summed E-state index contributed by atoms with van der Waals surface area (Å²) in [5.41, 5.74) is 6.60. The molecule has 1 aliphatic rings. The fraction of sp³-hybridized carbons (Fsp3) is 0.711. The molecule has 326 valence electrons. The van der Waals surface area contributed by atoms with Crippen molar-refractivity contribution in [2.24, 2.45) is 23.2 Å². The summed E-state index contributed by atoms with van der Waals surface area (Å²) in [6.07, 6.45) is 7.77. The second-order valence-corrected chi connectivity index (χ2v) is 18.5. The Labute approximate surface area is 352 Å². The highest BCUT2D eigenvalue weighted by atomic mass is 32.1. The van der Waals surface area contributed by atoms with Crippen LogP contribution in [0.25, 0.3) is 0 Å². The van der Waals surface area contributed by atoms with E-state index in [9.17, 15) is 24.3 Å². The lowest BCUT2D eigenvalue weighted by atomic mass is 9.84. The number of benzene rings is 1. The first-order valence-electron chi connectivity index (χ1n) is 21.8. The number of nitrogens with one attached hydrogen (secondary N) is 3. The van der Waals surface area contributed by atoms with Gasteiger partial charge in [-0.3, -0.25) is 19.2 Å². The monoisotopic (exact) mass is 827 g/mol. The van der Waals surface area contributed by atoms with Crippen LogP contribution in [0, 0.1) is 23.2 Å². The molecule has 0 radical (unpaired) electrons. The average molecular weight is 827 g/mol. The number of nitrogens with two attached hydrogens (primary N) is 1. The highest BCUT2D eigenvalue weighted by Gasteiger charge is 2.37. The van der Waals surface area contributed by atoms with Gasteiger partial charge in [-0.05, 0) is 94.9 Å². The molecule has 1 aliphatic heterocycles. The van der Waals surface area contributed by atoms with Crippen LogP contribution in [0.1, 0.15) is 154 Å². The van der Waals surface area contributed by atoms with E-state index in [1.165, 1.54) is 11.3 Å². The minimum absolute atomic E-state index is 0.0613. The maximum atomic E-state index is 14.8. The fourth-order valence-corrected chi connectivity index (χ4v) is 8.74. The molecular weight excluding hydrogens is 753 g/mol. The van der Waals surface area contributed by atoms with Crippen molar-refractivity contribution in [2.45, 2.75) is 163 Å². The number of carbonyl (C=O) groups excluding carboxylic acids is 3. The molecule has 6 N–H and O–H groups in total. The van der Waals surface area contributed by atoms with Gasteiger partial charge in [-0.2, -0.15) is 0 Å². The highest BCUT2D eigenvalue weighted by Crippen LogP contribution is 2.32. The van der Waals surface area contributed by atoms with Gasteiger partial charge in [0.05, 0.1) is 5.41 Å². The summed E-state index contributed by atoms with van der Waals surface area (Å²) in [5, 5.41) is 22.0. The minimum atomic E-state index is -1.08. The lowest BCUT2D eigenvalue weighted by Crippen LogP contribution is -2.56. The van der Waals surface area contributed by atoms with Crippen molar-refractivity contribution in [3.05, 3.63) is 45.9 Å². The van der Waals surface area contributed by atoms with Crippen LogP contribution in [0.2, 0.25) is 0 Å². The molecule has 2 aromatic rings. The lowest BCUT2D eigenvalue weighted by Gasteiger charge is -2.39. The summed E-state index contributed by atoms with van der Waals surface area (Å²) in [4.78, 5) is 61.0. The summed E-state index contributed by atoms with van der Waals surface area (Å²) in [7, 11) is 0. The molecule has 13 heteroatoms. The normalized spacial score (nSPS) is 18.5. The van der Waals surface area contributed by atoms with Crippen molar-refractivity contribution in [1.82, 2.24) is 25.8 Å². The molecule has 0 spiro atoms. The molecule has 12 nitrogen and oxygen atoms in total. The average Bonchev–Trinajstić information content (AvgIpc) is 3.67. The molecule has 1 fully saturated rings. The number of aliphatic carboxylic acids is 1. The molecule has 58 heavy (non-hydrogen) atoms. The number of nitrogen functional groups attached to an aromatic ring is 1. The van der Waals surface area contributed by atoms with Crippen molar-refractivity contribution in [3.63, 3.8) is 0 Å². The second kappa shape index (κ2) is 23.9. The Morgan fingerprint density at radius 1 is 1.07 bits per heavy atom. The number of hydrogen-bond acceptors (Lipinski definition) is 9. The summed E-state index contributed by atoms with van der Waals surface area (Å²) in [6.45, 7) is 19.8. The zero-order chi connectivity index (χ0) is 43.0. The molecule has 2 heterocycles. The van der Waals surface area contributed by atoms with Gasteiger partial charge in [0.15, 0.2) is 0 Å². The molecule has 0 saturated carbocycles. The number of ether oxygens (including phenoxy) is 1. The zero-order valence-corrected chi connectivity index (χ0v) is 37.6.